The highest BCUT2D eigenvalue weighted by atomic mass is 16.5. The molecule has 0 unspecified atom stereocenters. The van der Waals surface area contributed by atoms with Gasteiger partial charge in [-0.25, -0.2) is 0 Å². The first-order valence-corrected chi connectivity index (χ1v) is 8.28. The molecule has 0 N–H and O–H groups in total. The third-order valence-corrected chi connectivity index (χ3v) is 4.48. The highest BCUT2D eigenvalue weighted by molar-refractivity contribution is 6.00. The number of carbonyl (C=O) groups is 1. The summed E-state index contributed by atoms with van der Waals surface area (Å²) in [7, 11) is 0. The minimum Gasteiger partial charge on any atom is -0.466 e. The molecule has 0 spiro atoms. The van der Waals surface area contributed by atoms with Crippen molar-refractivity contribution < 1.29 is 9.53 Å². The second-order valence-electron chi connectivity index (χ2n) is 6.01. The Hall–Kier alpha value is -2.70. The molecule has 0 saturated carbocycles. The van der Waals surface area contributed by atoms with E-state index in [0.717, 1.165) is 41.6 Å². The zero-order valence-corrected chi connectivity index (χ0v) is 13.6. The zero-order chi connectivity index (χ0) is 16.5. The van der Waals surface area contributed by atoms with Gasteiger partial charge in [-0.1, -0.05) is 24.3 Å². The van der Waals surface area contributed by atoms with E-state index in [1.54, 1.807) is 10.8 Å². The van der Waals surface area contributed by atoms with Gasteiger partial charge < -0.3 is 9.64 Å². The lowest BCUT2D eigenvalue weighted by atomic mass is 9.98. The van der Waals surface area contributed by atoms with Crippen molar-refractivity contribution in [2.24, 2.45) is 5.92 Å². The molecular weight excluding hydrogens is 306 g/mol. The predicted octanol–water partition coefficient (Wildman–Crippen LogP) is 2.06. The second kappa shape index (κ2) is 6.07. The summed E-state index contributed by atoms with van der Waals surface area (Å²) in [5, 5.41) is 14.9. The van der Waals surface area contributed by atoms with E-state index in [1.165, 1.54) is 0 Å². The summed E-state index contributed by atoms with van der Waals surface area (Å²) in [6.45, 7) is 3.76. The SMILES string of the molecule is CCOC(=O)[C@@H]1CCCN(c2nn3cnnc3c3ccccc23)C1. The molecule has 1 aliphatic heterocycles. The number of aromatic nitrogens is 4. The van der Waals surface area contributed by atoms with Crippen molar-refractivity contribution in [1.82, 2.24) is 19.8 Å². The number of fused-ring (bicyclic) bond motifs is 3. The molecule has 4 rings (SSSR count). The fourth-order valence-corrected chi connectivity index (χ4v) is 3.37. The van der Waals surface area contributed by atoms with Gasteiger partial charge in [0, 0.05) is 23.9 Å². The van der Waals surface area contributed by atoms with Crippen LogP contribution in [-0.2, 0) is 9.53 Å². The molecule has 24 heavy (non-hydrogen) atoms. The lowest BCUT2D eigenvalue weighted by Gasteiger charge is -2.32. The Balaban J connectivity index is 1.76. The van der Waals surface area contributed by atoms with E-state index in [1.807, 2.05) is 31.2 Å². The Morgan fingerprint density at radius 1 is 1.33 bits per heavy atom. The van der Waals surface area contributed by atoms with E-state index >= 15 is 0 Å². The molecule has 3 heterocycles. The van der Waals surface area contributed by atoms with Crippen molar-refractivity contribution in [2.75, 3.05) is 24.6 Å². The van der Waals surface area contributed by atoms with E-state index < -0.39 is 0 Å². The Morgan fingerprint density at radius 2 is 2.17 bits per heavy atom. The first-order valence-electron chi connectivity index (χ1n) is 8.28. The minimum absolute atomic E-state index is 0.101. The van der Waals surface area contributed by atoms with Gasteiger partial charge in [-0.3, -0.25) is 4.79 Å². The van der Waals surface area contributed by atoms with E-state index in [4.69, 9.17) is 9.84 Å². The average molecular weight is 325 g/mol. The topological polar surface area (TPSA) is 72.6 Å². The molecule has 7 heteroatoms. The van der Waals surface area contributed by atoms with Gasteiger partial charge in [0.2, 0.25) is 0 Å². The van der Waals surface area contributed by atoms with Crippen LogP contribution in [0.3, 0.4) is 0 Å². The first kappa shape index (κ1) is 14.9. The Kier molecular flexibility index (Phi) is 3.76. The summed E-state index contributed by atoms with van der Waals surface area (Å²) in [5.41, 5.74) is 0.744. The lowest BCUT2D eigenvalue weighted by molar-refractivity contribution is -0.148. The van der Waals surface area contributed by atoms with E-state index in [0.29, 0.717) is 13.2 Å². The number of ether oxygens (including phenoxy) is 1. The summed E-state index contributed by atoms with van der Waals surface area (Å²) >= 11 is 0. The fraction of sp³-hybridized carbons (Fsp3) is 0.412. The highest BCUT2D eigenvalue weighted by Crippen LogP contribution is 2.30. The molecule has 1 saturated heterocycles. The molecule has 0 bridgehead atoms. The standard InChI is InChI=1S/C17H19N5O2/c1-2-24-17(23)12-6-5-9-21(10-12)16-14-8-4-3-7-13(14)15-19-18-11-22(15)20-16/h3-4,7-8,11-12H,2,5-6,9-10H2,1H3/t12-/m1/s1. The summed E-state index contributed by atoms with van der Waals surface area (Å²) in [6, 6.07) is 8.04. The van der Waals surface area contributed by atoms with Gasteiger partial charge in [-0.15, -0.1) is 15.3 Å². The molecule has 7 nitrogen and oxygen atoms in total. The van der Waals surface area contributed by atoms with Crippen LogP contribution in [0, 0.1) is 5.92 Å². The number of anilines is 1. The van der Waals surface area contributed by atoms with Crippen LogP contribution in [0.25, 0.3) is 16.4 Å². The van der Waals surface area contributed by atoms with Gasteiger partial charge in [0.25, 0.3) is 0 Å². The van der Waals surface area contributed by atoms with Crippen LogP contribution in [0.1, 0.15) is 19.8 Å². The van der Waals surface area contributed by atoms with Gasteiger partial charge in [0.05, 0.1) is 12.5 Å². The number of hydrogen-bond acceptors (Lipinski definition) is 6. The van der Waals surface area contributed by atoms with Gasteiger partial charge in [0.15, 0.2) is 11.5 Å². The molecule has 1 fully saturated rings. The maximum Gasteiger partial charge on any atom is 0.310 e. The van der Waals surface area contributed by atoms with E-state index in [-0.39, 0.29) is 11.9 Å². The summed E-state index contributed by atoms with van der Waals surface area (Å²) in [4.78, 5) is 14.3. The number of hydrogen-bond donors (Lipinski definition) is 0. The van der Waals surface area contributed by atoms with Crippen LogP contribution < -0.4 is 4.90 Å². The molecular formula is C17H19N5O2. The van der Waals surface area contributed by atoms with Crippen LogP contribution in [0.15, 0.2) is 30.6 Å². The van der Waals surface area contributed by atoms with Gasteiger partial charge in [0.1, 0.15) is 6.33 Å². The van der Waals surface area contributed by atoms with Crippen molar-refractivity contribution in [1.29, 1.82) is 0 Å². The number of piperidine rings is 1. The van der Waals surface area contributed by atoms with Gasteiger partial charge in [-0.2, -0.15) is 4.52 Å². The molecule has 3 aromatic rings. The van der Waals surface area contributed by atoms with Crippen LogP contribution in [0.2, 0.25) is 0 Å². The molecule has 0 aliphatic carbocycles. The Bertz CT molecular complexity index is 891. The van der Waals surface area contributed by atoms with E-state index in [2.05, 4.69) is 15.1 Å². The zero-order valence-electron chi connectivity index (χ0n) is 13.6. The molecule has 1 aromatic carbocycles. The maximum atomic E-state index is 12.1. The number of nitrogens with zero attached hydrogens (tertiary/aromatic N) is 5. The predicted molar refractivity (Wildman–Crippen MR) is 89.9 cm³/mol. The van der Waals surface area contributed by atoms with Gasteiger partial charge >= 0.3 is 5.97 Å². The summed E-state index contributed by atoms with van der Waals surface area (Å²) in [5.74, 6) is 0.652. The van der Waals surface area contributed by atoms with Crippen molar-refractivity contribution in [3.63, 3.8) is 0 Å². The van der Waals surface area contributed by atoms with Crippen molar-refractivity contribution in [3.8, 4) is 0 Å². The number of benzene rings is 1. The third kappa shape index (κ3) is 2.46. The maximum absolute atomic E-state index is 12.1. The number of esters is 1. The normalized spacial score (nSPS) is 18.2. The second-order valence-corrected chi connectivity index (χ2v) is 6.01. The molecule has 1 aliphatic rings. The minimum atomic E-state index is -0.114. The third-order valence-electron chi connectivity index (χ3n) is 4.48. The number of rotatable bonds is 3. The first-order chi connectivity index (χ1) is 11.8. The van der Waals surface area contributed by atoms with Crippen LogP contribution in [0.4, 0.5) is 5.82 Å². The highest BCUT2D eigenvalue weighted by Gasteiger charge is 2.28. The Morgan fingerprint density at radius 3 is 3.00 bits per heavy atom. The van der Waals surface area contributed by atoms with Gasteiger partial charge in [-0.05, 0) is 19.8 Å². The molecule has 124 valence electrons. The molecule has 2 aromatic heterocycles. The molecule has 0 amide bonds. The molecule has 1 atom stereocenters. The van der Waals surface area contributed by atoms with E-state index in [9.17, 15) is 4.79 Å². The lowest BCUT2D eigenvalue weighted by Crippen LogP contribution is -2.40. The fourth-order valence-electron chi connectivity index (χ4n) is 3.37. The largest absolute Gasteiger partial charge is 0.466 e. The number of carbonyl (C=O) groups excluding carboxylic acids is 1. The smallest absolute Gasteiger partial charge is 0.310 e. The summed E-state index contributed by atoms with van der Waals surface area (Å²) < 4.78 is 6.90. The van der Waals surface area contributed by atoms with Crippen LogP contribution >= 0.6 is 0 Å². The quantitative estimate of drug-likeness (QED) is 0.686. The summed E-state index contributed by atoms with van der Waals surface area (Å²) in [6.07, 6.45) is 3.42. The van der Waals surface area contributed by atoms with Crippen molar-refractivity contribution in [3.05, 3.63) is 30.6 Å². The van der Waals surface area contributed by atoms with Crippen LogP contribution in [-0.4, -0.2) is 45.5 Å². The van der Waals surface area contributed by atoms with Crippen molar-refractivity contribution >= 4 is 28.2 Å². The van der Waals surface area contributed by atoms with Crippen molar-refractivity contribution in [2.45, 2.75) is 19.8 Å². The monoisotopic (exact) mass is 325 g/mol. The average Bonchev–Trinajstić information content (AvgIpc) is 3.10. The van der Waals surface area contributed by atoms with Crippen LogP contribution in [0.5, 0.6) is 0 Å². The Labute approximate surface area is 139 Å². The molecule has 0 radical (unpaired) electrons.